The van der Waals surface area contributed by atoms with Crippen molar-refractivity contribution < 1.29 is 4.74 Å². The second kappa shape index (κ2) is 6.16. The van der Waals surface area contributed by atoms with Crippen LogP contribution in [-0.2, 0) is 18.4 Å². The van der Waals surface area contributed by atoms with E-state index in [1.165, 1.54) is 31.1 Å². The number of aryl methyl sites for hydroxylation is 1. The van der Waals surface area contributed by atoms with Crippen LogP contribution in [0.15, 0.2) is 24.3 Å². The maximum Gasteiger partial charge on any atom is 0.0960 e. The zero-order valence-electron chi connectivity index (χ0n) is 12.8. The fraction of sp³-hybridized carbons (Fsp3) is 0.588. The highest BCUT2D eigenvalue weighted by Gasteiger charge is 2.26. The largest absolute Gasteiger partial charge is 0.373 e. The number of aromatic nitrogens is 2. The monoisotopic (exact) mass is 287 g/mol. The average molecular weight is 287 g/mol. The minimum Gasteiger partial charge on any atom is -0.373 e. The second-order valence-electron chi connectivity index (χ2n) is 6.36. The van der Waals surface area contributed by atoms with Gasteiger partial charge in [0.1, 0.15) is 0 Å². The number of rotatable bonds is 4. The van der Waals surface area contributed by atoms with E-state index in [1.54, 1.807) is 0 Å². The molecule has 0 bridgehead atoms. The van der Waals surface area contributed by atoms with Gasteiger partial charge in [-0.05, 0) is 18.9 Å². The van der Waals surface area contributed by atoms with Crippen molar-refractivity contribution in [3.63, 3.8) is 0 Å². The molecule has 1 heterocycles. The van der Waals surface area contributed by atoms with Gasteiger partial charge in [-0.3, -0.25) is 4.68 Å². The molecule has 1 saturated carbocycles. The molecule has 21 heavy (non-hydrogen) atoms. The predicted octanol–water partition coefficient (Wildman–Crippen LogP) is 3.14. The number of benzene rings is 1. The number of nitrogens with zero attached hydrogens (tertiary/aromatic N) is 2. The van der Waals surface area contributed by atoms with Crippen molar-refractivity contribution >= 4 is 10.9 Å². The normalized spacial score (nSPS) is 18.8. The Balaban J connectivity index is 1.64. The van der Waals surface area contributed by atoms with E-state index < -0.39 is 0 Å². The van der Waals surface area contributed by atoms with Crippen LogP contribution in [0.1, 0.15) is 44.2 Å². The van der Waals surface area contributed by atoms with Gasteiger partial charge in [0.2, 0.25) is 0 Å². The molecule has 1 aromatic heterocycles. The Kier molecular flexibility index (Phi) is 4.27. The lowest BCUT2D eigenvalue weighted by atomic mass is 9.93. The van der Waals surface area contributed by atoms with Crippen LogP contribution in [0.5, 0.6) is 0 Å². The molecule has 4 nitrogen and oxygen atoms in total. The van der Waals surface area contributed by atoms with E-state index in [-0.39, 0.29) is 5.54 Å². The zero-order chi connectivity index (χ0) is 14.7. The van der Waals surface area contributed by atoms with Crippen LogP contribution in [0.2, 0.25) is 0 Å². The molecule has 1 aromatic carbocycles. The molecule has 2 N–H and O–H groups in total. The Labute approximate surface area is 126 Å². The van der Waals surface area contributed by atoms with Gasteiger partial charge in [0.15, 0.2) is 0 Å². The quantitative estimate of drug-likeness (QED) is 0.879. The zero-order valence-corrected chi connectivity index (χ0v) is 12.8. The van der Waals surface area contributed by atoms with Gasteiger partial charge in [0.25, 0.3) is 0 Å². The maximum absolute atomic E-state index is 6.49. The fourth-order valence-electron chi connectivity index (χ4n) is 3.32. The van der Waals surface area contributed by atoms with E-state index in [4.69, 9.17) is 10.5 Å². The van der Waals surface area contributed by atoms with Gasteiger partial charge in [-0.25, -0.2) is 0 Å². The molecular formula is C17H25N3O. The molecule has 114 valence electrons. The standard InChI is InChI=1S/C17H25N3O/c1-20-16-9-5-4-8-14(16)15(19-20)12-21-13-17(18)10-6-2-3-7-11-17/h4-5,8-9H,2-3,6-7,10-13,18H2,1H3. The summed E-state index contributed by atoms with van der Waals surface area (Å²) in [7, 11) is 1.97. The lowest BCUT2D eigenvalue weighted by molar-refractivity contribution is 0.0652. The molecular weight excluding hydrogens is 262 g/mol. The molecule has 0 radical (unpaired) electrons. The summed E-state index contributed by atoms with van der Waals surface area (Å²) in [5, 5.41) is 5.74. The topological polar surface area (TPSA) is 53.1 Å². The number of hydrogen-bond acceptors (Lipinski definition) is 3. The van der Waals surface area contributed by atoms with Crippen LogP contribution in [-0.4, -0.2) is 21.9 Å². The lowest BCUT2D eigenvalue weighted by Crippen LogP contribution is -2.43. The summed E-state index contributed by atoms with van der Waals surface area (Å²) >= 11 is 0. The summed E-state index contributed by atoms with van der Waals surface area (Å²) in [4.78, 5) is 0. The van der Waals surface area contributed by atoms with Crippen molar-refractivity contribution in [2.45, 2.75) is 50.7 Å². The predicted molar refractivity (Wildman–Crippen MR) is 85.0 cm³/mol. The van der Waals surface area contributed by atoms with Crippen molar-refractivity contribution in [1.29, 1.82) is 0 Å². The Morgan fingerprint density at radius 2 is 1.90 bits per heavy atom. The third kappa shape index (κ3) is 3.27. The minimum atomic E-state index is -0.138. The fourth-order valence-corrected chi connectivity index (χ4v) is 3.32. The molecule has 3 rings (SSSR count). The maximum atomic E-state index is 6.49. The van der Waals surface area contributed by atoms with Crippen LogP contribution in [0, 0.1) is 0 Å². The van der Waals surface area contributed by atoms with E-state index in [2.05, 4.69) is 17.2 Å². The number of nitrogens with two attached hydrogens (primary N) is 1. The van der Waals surface area contributed by atoms with Gasteiger partial charge in [0, 0.05) is 18.0 Å². The van der Waals surface area contributed by atoms with E-state index >= 15 is 0 Å². The SMILES string of the molecule is Cn1nc(COCC2(N)CCCCCC2)c2ccccc21. The van der Waals surface area contributed by atoms with Crippen LogP contribution < -0.4 is 5.73 Å². The summed E-state index contributed by atoms with van der Waals surface area (Å²) in [6.07, 6.45) is 7.23. The van der Waals surface area contributed by atoms with Crippen molar-refractivity contribution in [2.75, 3.05) is 6.61 Å². The molecule has 1 fully saturated rings. The third-order valence-corrected chi connectivity index (χ3v) is 4.56. The van der Waals surface area contributed by atoms with Crippen molar-refractivity contribution in [3.8, 4) is 0 Å². The molecule has 0 aliphatic heterocycles. The average Bonchev–Trinajstić information content (AvgIpc) is 2.66. The summed E-state index contributed by atoms with van der Waals surface area (Å²) in [5.74, 6) is 0. The molecule has 1 aliphatic rings. The Hall–Kier alpha value is -1.39. The highest BCUT2D eigenvalue weighted by atomic mass is 16.5. The van der Waals surface area contributed by atoms with Gasteiger partial charge in [-0.1, -0.05) is 43.9 Å². The first-order valence-electron chi connectivity index (χ1n) is 7.95. The summed E-state index contributed by atoms with van der Waals surface area (Å²) < 4.78 is 7.85. The molecule has 2 aromatic rings. The molecule has 4 heteroatoms. The minimum absolute atomic E-state index is 0.138. The molecule has 0 amide bonds. The second-order valence-corrected chi connectivity index (χ2v) is 6.36. The van der Waals surface area contributed by atoms with Crippen LogP contribution in [0.3, 0.4) is 0 Å². The van der Waals surface area contributed by atoms with Crippen molar-refractivity contribution in [3.05, 3.63) is 30.0 Å². The summed E-state index contributed by atoms with van der Waals surface area (Å²) in [6.45, 7) is 1.18. The van der Waals surface area contributed by atoms with Gasteiger partial charge in [-0.2, -0.15) is 5.10 Å². The Morgan fingerprint density at radius 3 is 2.67 bits per heavy atom. The van der Waals surface area contributed by atoms with Crippen molar-refractivity contribution in [2.24, 2.45) is 12.8 Å². The first-order chi connectivity index (χ1) is 10.2. The van der Waals surface area contributed by atoms with E-state index in [9.17, 15) is 0 Å². The number of para-hydroxylation sites is 1. The molecule has 0 atom stereocenters. The summed E-state index contributed by atoms with van der Waals surface area (Å²) in [5.41, 5.74) is 8.50. The highest BCUT2D eigenvalue weighted by molar-refractivity contribution is 5.81. The lowest BCUT2D eigenvalue weighted by Gasteiger charge is -2.27. The Bertz CT molecular complexity index is 597. The molecule has 1 aliphatic carbocycles. The first kappa shape index (κ1) is 14.5. The molecule has 0 unspecified atom stereocenters. The van der Waals surface area contributed by atoms with Gasteiger partial charge < -0.3 is 10.5 Å². The van der Waals surface area contributed by atoms with E-state index in [1.807, 2.05) is 23.9 Å². The van der Waals surface area contributed by atoms with Gasteiger partial charge >= 0.3 is 0 Å². The highest BCUT2D eigenvalue weighted by Crippen LogP contribution is 2.26. The third-order valence-electron chi connectivity index (χ3n) is 4.56. The number of ether oxygens (including phenoxy) is 1. The van der Waals surface area contributed by atoms with Crippen LogP contribution in [0.4, 0.5) is 0 Å². The van der Waals surface area contributed by atoms with E-state index in [0.29, 0.717) is 13.2 Å². The van der Waals surface area contributed by atoms with E-state index in [0.717, 1.165) is 24.1 Å². The number of hydrogen-bond donors (Lipinski definition) is 1. The molecule has 0 saturated heterocycles. The van der Waals surface area contributed by atoms with Crippen LogP contribution in [0.25, 0.3) is 10.9 Å². The molecule has 0 spiro atoms. The Morgan fingerprint density at radius 1 is 1.19 bits per heavy atom. The van der Waals surface area contributed by atoms with Gasteiger partial charge in [-0.15, -0.1) is 0 Å². The van der Waals surface area contributed by atoms with Crippen molar-refractivity contribution in [1.82, 2.24) is 9.78 Å². The van der Waals surface area contributed by atoms with Gasteiger partial charge in [0.05, 0.1) is 24.4 Å². The summed E-state index contributed by atoms with van der Waals surface area (Å²) in [6, 6.07) is 8.27. The first-order valence-corrected chi connectivity index (χ1v) is 7.95. The number of fused-ring (bicyclic) bond motifs is 1. The van der Waals surface area contributed by atoms with Crippen LogP contribution >= 0.6 is 0 Å². The smallest absolute Gasteiger partial charge is 0.0960 e.